The lowest BCUT2D eigenvalue weighted by molar-refractivity contribution is 0.390. The molecule has 0 saturated heterocycles. The average molecular weight is 280 g/mol. The Hall–Kier alpha value is -1.66. The average Bonchev–Trinajstić information content (AvgIpc) is 2.76. The van der Waals surface area contributed by atoms with Gasteiger partial charge in [0.1, 0.15) is 5.76 Å². The Balaban J connectivity index is 2.16. The molecule has 0 saturated carbocycles. The summed E-state index contributed by atoms with van der Waals surface area (Å²) in [5.41, 5.74) is 2.57. The Bertz CT molecular complexity index is 690. The van der Waals surface area contributed by atoms with Crippen molar-refractivity contribution in [3.8, 4) is 0 Å². The van der Waals surface area contributed by atoms with Gasteiger partial charge in [0.15, 0.2) is 0 Å². The highest BCUT2D eigenvalue weighted by Gasteiger charge is 2.15. The molecule has 2 rings (SSSR count). The summed E-state index contributed by atoms with van der Waals surface area (Å²) < 4.78 is 31.6. The first-order valence-corrected chi connectivity index (χ1v) is 7.36. The van der Waals surface area contributed by atoms with Gasteiger partial charge in [-0.1, -0.05) is 11.2 Å². The van der Waals surface area contributed by atoms with Crippen LogP contribution in [0.5, 0.6) is 0 Å². The first-order chi connectivity index (χ1) is 8.88. The summed E-state index contributed by atoms with van der Waals surface area (Å²) in [6, 6.07) is 6.75. The fourth-order valence-corrected chi connectivity index (χ4v) is 2.72. The van der Waals surface area contributed by atoms with E-state index in [1.807, 2.05) is 13.8 Å². The van der Waals surface area contributed by atoms with Crippen LogP contribution in [0.15, 0.2) is 33.7 Å². The molecule has 0 aliphatic heterocycles. The van der Waals surface area contributed by atoms with Gasteiger partial charge in [-0.2, -0.15) is 0 Å². The monoisotopic (exact) mass is 280 g/mol. The first kappa shape index (κ1) is 13.8. The van der Waals surface area contributed by atoms with Crippen molar-refractivity contribution in [1.29, 1.82) is 0 Å². The van der Waals surface area contributed by atoms with Crippen LogP contribution in [0.3, 0.4) is 0 Å². The molecule has 0 fully saturated rings. The van der Waals surface area contributed by atoms with Crippen molar-refractivity contribution >= 4 is 10.0 Å². The zero-order chi connectivity index (χ0) is 14.0. The number of benzene rings is 1. The van der Waals surface area contributed by atoms with Crippen molar-refractivity contribution in [2.45, 2.75) is 32.2 Å². The molecule has 0 amide bonds. The Morgan fingerprint density at radius 3 is 2.47 bits per heavy atom. The molecule has 1 aromatic heterocycles. The van der Waals surface area contributed by atoms with E-state index in [4.69, 9.17) is 4.52 Å². The van der Waals surface area contributed by atoms with E-state index in [2.05, 4.69) is 9.88 Å². The normalized spacial score (nSPS) is 11.7. The van der Waals surface area contributed by atoms with Crippen LogP contribution in [-0.4, -0.2) is 13.6 Å². The summed E-state index contributed by atoms with van der Waals surface area (Å²) in [4.78, 5) is 0.260. The van der Waals surface area contributed by atoms with Gasteiger partial charge in [0.2, 0.25) is 10.0 Å². The molecule has 19 heavy (non-hydrogen) atoms. The highest BCUT2D eigenvalue weighted by molar-refractivity contribution is 7.89. The third kappa shape index (κ3) is 3.21. The number of aryl methyl sites for hydroxylation is 3. The van der Waals surface area contributed by atoms with E-state index in [1.165, 1.54) is 0 Å². The van der Waals surface area contributed by atoms with Crippen molar-refractivity contribution in [2.24, 2.45) is 0 Å². The van der Waals surface area contributed by atoms with Crippen LogP contribution < -0.4 is 4.72 Å². The van der Waals surface area contributed by atoms with Crippen molar-refractivity contribution < 1.29 is 12.9 Å². The van der Waals surface area contributed by atoms with Gasteiger partial charge in [0.25, 0.3) is 0 Å². The molecule has 0 atom stereocenters. The van der Waals surface area contributed by atoms with Gasteiger partial charge in [-0.15, -0.1) is 0 Å². The van der Waals surface area contributed by atoms with Crippen LogP contribution in [0.2, 0.25) is 0 Å². The minimum atomic E-state index is -3.52. The largest absolute Gasteiger partial charge is 0.361 e. The zero-order valence-corrected chi connectivity index (χ0v) is 11.9. The summed E-state index contributed by atoms with van der Waals surface area (Å²) in [6.45, 7) is 5.70. The van der Waals surface area contributed by atoms with Gasteiger partial charge in [-0.3, -0.25) is 0 Å². The Morgan fingerprint density at radius 2 is 1.89 bits per heavy atom. The zero-order valence-electron chi connectivity index (χ0n) is 11.1. The van der Waals surface area contributed by atoms with Crippen molar-refractivity contribution in [2.75, 3.05) is 0 Å². The first-order valence-electron chi connectivity index (χ1n) is 5.87. The molecule has 0 unspecified atom stereocenters. The Labute approximate surface area is 112 Å². The van der Waals surface area contributed by atoms with E-state index < -0.39 is 10.0 Å². The van der Waals surface area contributed by atoms with Crippen molar-refractivity contribution in [1.82, 2.24) is 9.88 Å². The fraction of sp³-hybridized carbons (Fsp3) is 0.308. The number of sulfonamides is 1. The van der Waals surface area contributed by atoms with Crippen LogP contribution in [0.1, 0.15) is 22.6 Å². The molecule has 0 aliphatic rings. The number of nitrogens with one attached hydrogen (secondary N) is 1. The second-order valence-corrected chi connectivity index (χ2v) is 6.27. The second-order valence-electron chi connectivity index (χ2n) is 4.50. The van der Waals surface area contributed by atoms with Crippen LogP contribution in [0.25, 0.3) is 0 Å². The van der Waals surface area contributed by atoms with Crippen molar-refractivity contribution in [3.63, 3.8) is 0 Å². The summed E-state index contributed by atoms with van der Waals surface area (Å²) in [5, 5.41) is 3.74. The molecular weight excluding hydrogens is 264 g/mol. The molecule has 1 aromatic carbocycles. The molecule has 2 aromatic rings. The molecule has 0 aliphatic carbocycles. The number of hydrogen-bond acceptors (Lipinski definition) is 4. The Kier molecular flexibility index (Phi) is 3.73. The Morgan fingerprint density at radius 1 is 1.16 bits per heavy atom. The van der Waals surface area contributed by atoms with E-state index in [0.29, 0.717) is 11.5 Å². The lowest BCUT2D eigenvalue weighted by Crippen LogP contribution is -2.23. The minimum absolute atomic E-state index is 0.118. The number of nitrogens with zero attached hydrogens (tertiary/aromatic N) is 1. The molecule has 0 bridgehead atoms. The van der Waals surface area contributed by atoms with Gasteiger partial charge in [-0.05, 0) is 44.0 Å². The molecule has 5 nitrogen and oxygen atoms in total. The minimum Gasteiger partial charge on any atom is -0.361 e. The maximum atomic E-state index is 12.1. The number of aromatic nitrogens is 1. The SMILES string of the molecule is Cc1cc(CNS(=O)(=O)c2ccc(C)c(C)c2)no1. The summed E-state index contributed by atoms with van der Waals surface area (Å²) in [6.07, 6.45) is 0. The summed E-state index contributed by atoms with van der Waals surface area (Å²) in [5.74, 6) is 0.653. The molecule has 0 spiro atoms. The van der Waals surface area contributed by atoms with Gasteiger partial charge >= 0.3 is 0 Å². The van der Waals surface area contributed by atoms with Crippen LogP contribution >= 0.6 is 0 Å². The third-order valence-corrected chi connectivity index (χ3v) is 4.31. The van der Waals surface area contributed by atoms with Gasteiger partial charge < -0.3 is 4.52 Å². The summed E-state index contributed by atoms with van der Waals surface area (Å²) >= 11 is 0. The van der Waals surface area contributed by atoms with Crippen LogP contribution in [0.4, 0.5) is 0 Å². The predicted molar refractivity (Wildman–Crippen MR) is 71.2 cm³/mol. The molecule has 102 valence electrons. The topological polar surface area (TPSA) is 72.2 Å². The molecule has 0 radical (unpaired) electrons. The molecule has 1 heterocycles. The quantitative estimate of drug-likeness (QED) is 0.930. The third-order valence-electron chi connectivity index (χ3n) is 2.91. The lowest BCUT2D eigenvalue weighted by Gasteiger charge is -2.07. The second kappa shape index (κ2) is 5.14. The fourth-order valence-electron chi connectivity index (χ4n) is 1.63. The van der Waals surface area contributed by atoms with Crippen molar-refractivity contribution in [3.05, 3.63) is 46.8 Å². The van der Waals surface area contributed by atoms with E-state index >= 15 is 0 Å². The summed E-state index contributed by atoms with van der Waals surface area (Å²) in [7, 11) is -3.52. The lowest BCUT2D eigenvalue weighted by atomic mass is 10.1. The maximum Gasteiger partial charge on any atom is 0.240 e. The maximum absolute atomic E-state index is 12.1. The van der Waals surface area contributed by atoms with E-state index in [-0.39, 0.29) is 11.4 Å². The van der Waals surface area contributed by atoms with E-state index in [1.54, 1.807) is 31.2 Å². The van der Waals surface area contributed by atoms with Gasteiger partial charge in [0.05, 0.1) is 17.1 Å². The molecular formula is C13H16N2O3S. The van der Waals surface area contributed by atoms with E-state index in [9.17, 15) is 8.42 Å². The van der Waals surface area contributed by atoms with Crippen LogP contribution in [-0.2, 0) is 16.6 Å². The number of hydrogen-bond donors (Lipinski definition) is 1. The number of rotatable bonds is 4. The molecule has 1 N–H and O–H groups in total. The predicted octanol–water partition coefficient (Wildman–Crippen LogP) is 2.08. The van der Waals surface area contributed by atoms with Crippen LogP contribution in [0, 0.1) is 20.8 Å². The standard InChI is InChI=1S/C13H16N2O3S/c1-9-4-5-13(6-10(9)2)19(16,17)14-8-12-7-11(3)18-15-12/h4-7,14H,8H2,1-3H3. The smallest absolute Gasteiger partial charge is 0.240 e. The van der Waals surface area contributed by atoms with Gasteiger partial charge in [0, 0.05) is 6.07 Å². The molecule has 6 heteroatoms. The van der Waals surface area contributed by atoms with Gasteiger partial charge in [-0.25, -0.2) is 13.1 Å². The highest BCUT2D eigenvalue weighted by Crippen LogP contribution is 2.15. The highest BCUT2D eigenvalue weighted by atomic mass is 32.2. The van der Waals surface area contributed by atoms with E-state index in [0.717, 1.165) is 11.1 Å².